The predicted octanol–water partition coefficient (Wildman–Crippen LogP) is 10.5. The molecule has 1 rings (SSSR count). The maximum absolute atomic E-state index is 12.5. The van der Waals surface area contributed by atoms with Gasteiger partial charge < -0.3 is 24.4 Å². The molecule has 3 N–H and O–H groups in total. The highest BCUT2D eigenvalue weighted by Crippen LogP contribution is 2.36. The van der Waals surface area contributed by atoms with Crippen LogP contribution in [0.15, 0.2) is 85.1 Å². The summed E-state index contributed by atoms with van der Waals surface area (Å²) >= 11 is 0. The van der Waals surface area contributed by atoms with Crippen molar-refractivity contribution >= 4 is 25.5 Å². The normalized spacial score (nSPS) is 17.6. The van der Waals surface area contributed by atoms with Crippen molar-refractivity contribution in [1.82, 2.24) is 0 Å². The minimum absolute atomic E-state index is 0.0102. The lowest BCUT2D eigenvalue weighted by atomic mass is 9.90. The number of rotatable bonds is 34. The Hall–Kier alpha value is -3.14. The van der Waals surface area contributed by atoms with Crippen LogP contribution in [0.5, 0.6) is 0 Å². The zero-order valence-corrected chi connectivity index (χ0v) is 35.0. The maximum atomic E-state index is 12.5. The highest BCUT2D eigenvalue weighted by atomic mass is 31.2. The fourth-order valence-corrected chi connectivity index (χ4v) is 6.24. The van der Waals surface area contributed by atoms with Crippen molar-refractivity contribution in [2.24, 2.45) is 11.8 Å². The molecule has 11 heteroatoms. The lowest BCUT2D eigenvalue weighted by molar-refractivity contribution is -0.161. The first kappa shape index (κ1) is 50.9. The summed E-state index contributed by atoms with van der Waals surface area (Å²) in [6.45, 7) is 3.35. The molecule has 0 saturated carbocycles. The van der Waals surface area contributed by atoms with E-state index in [1.54, 1.807) is 12.2 Å². The van der Waals surface area contributed by atoms with Crippen LogP contribution in [0.25, 0.3) is 0 Å². The quantitative estimate of drug-likeness (QED) is 0.0248. The molecule has 4 atom stereocenters. The van der Waals surface area contributed by atoms with Crippen LogP contribution < -0.4 is 0 Å². The molecule has 0 fully saturated rings. The van der Waals surface area contributed by atoms with Gasteiger partial charge in [-0.2, -0.15) is 0 Å². The fourth-order valence-electron chi connectivity index (χ4n) is 5.87. The molecule has 316 valence electrons. The topological polar surface area (TPSA) is 157 Å². The second-order valence-corrected chi connectivity index (χ2v) is 15.5. The van der Waals surface area contributed by atoms with Crippen LogP contribution in [0.2, 0.25) is 0 Å². The Bertz CT molecular complexity index is 1320. The summed E-state index contributed by atoms with van der Waals surface area (Å²) in [7, 11) is -4.82. The largest absolute Gasteiger partial charge is 0.469 e. The summed E-state index contributed by atoms with van der Waals surface area (Å²) < 4.78 is 26.3. The molecular formula is C45H71O10P. The molecule has 0 aliphatic heterocycles. The smallest absolute Gasteiger partial charge is 0.462 e. The van der Waals surface area contributed by atoms with Gasteiger partial charge in [-0.05, 0) is 89.0 Å². The number of carbonyl (C=O) groups excluding carboxylic acids is 3. The van der Waals surface area contributed by atoms with E-state index in [1.807, 2.05) is 24.3 Å². The average molecular weight is 803 g/mol. The first-order valence-electron chi connectivity index (χ1n) is 20.9. The van der Waals surface area contributed by atoms with Crippen molar-refractivity contribution in [3.63, 3.8) is 0 Å². The van der Waals surface area contributed by atoms with Gasteiger partial charge in [-0.1, -0.05) is 131 Å². The molecular weight excluding hydrogens is 731 g/mol. The van der Waals surface area contributed by atoms with E-state index in [0.717, 1.165) is 57.8 Å². The SMILES string of the molecule is CCCCC/C=C\C/C=C\C/C=C\C/C=C\CCCCCC(=O)OC[C@H](COP(=O)(O)O)OC(=O)CCC/C=C\C[C@H]1C=CC(=O)[C@@H]1/C=C/[C@@H](O)CCCCC. The molecule has 0 aromatic heterocycles. The Morgan fingerprint density at radius 1 is 0.732 bits per heavy atom. The van der Waals surface area contributed by atoms with E-state index >= 15 is 0 Å². The standard InChI is InChI=1S/C45H71O10P/c1-3-5-7-8-9-10-11-12-13-14-15-16-17-18-19-20-21-22-27-31-44(48)53-37-41(38-54-56(50,51)52)55-45(49)32-28-24-23-26-29-39-33-36-43(47)42(39)35-34-40(46)30-25-6-4-2/h9-10,12-13,15-16,18-19,23,26,33-36,39-42,46H,3-8,11,14,17,20-22,24-25,27-32,37-38H2,1-2H3,(H2,50,51,52)/b10-9-,13-12-,16-15-,19-18-,26-23-,35-34+/t39-,40-,41+,42+/m0/s1. The summed E-state index contributed by atoms with van der Waals surface area (Å²) in [5.74, 6) is -1.34. The van der Waals surface area contributed by atoms with Crippen LogP contribution in [0.4, 0.5) is 0 Å². The van der Waals surface area contributed by atoms with Crippen LogP contribution in [-0.4, -0.2) is 58.0 Å². The molecule has 0 amide bonds. The molecule has 0 heterocycles. The Balaban J connectivity index is 2.28. The number of ketones is 1. The van der Waals surface area contributed by atoms with Crippen LogP contribution in [0.1, 0.15) is 142 Å². The van der Waals surface area contributed by atoms with Gasteiger partial charge in [0.25, 0.3) is 0 Å². The Morgan fingerprint density at radius 2 is 1.30 bits per heavy atom. The van der Waals surface area contributed by atoms with Crippen LogP contribution in [0, 0.1) is 11.8 Å². The van der Waals surface area contributed by atoms with Crippen molar-refractivity contribution in [3.05, 3.63) is 85.1 Å². The van der Waals surface area contributed by atoms with Crippen LogP contribution in [-0.2, 0) is 32.9 Å². The van der Waals surface area contributed by atoms with Crippen molar-refractivity contribution in [1.29, 1.82) is 0 Å². The number of aliphatic hydroxyl groups is 1. The second kappa shape index (κ2) is 33.9. The Morgan fingerprint density at radius 3 is 1.95 bits per heavy atom. The summed E-state index contributed by atoms with van der Waals surface area (Å²) in [6.07, 6.45) is 43.6. The molecule has 1 aliphatic carbocycles. The molecule has 0 bridgehead atoms. The molecule has 0 aromatic rings. The van der Waals surface area contributed by atoms with Gasteiger partial charge in [0.15, 0.2) is 11.9 Å². The molecule has 0 aromatic carbocycles. The molecule has 0 unspecified atom stereocenters. The third-order valence-electron chi connectivity index (χ3n) is 9.13. The molecule has 0 spiro atoms. The highest BCUT2D eigenvalue weighted by molar-refractivity contribution is 7.46. The second-order valence-electron chi connectivity index (χ2n) is 14.3. The number of unbranched alkanes of at least 4 members (excludes halogenated alkanes) is 9. The van der Waals surface area contributed by atoms with Gasteiger partial charge >= 0.3 is 19.8 Å². The Kier molecular flexibility index (Phi) is 30.8. The monoisotopic (exact) mass is 802 g/mol. The summed E-state index contributed by atoms with van der Waals surface area (Å²) in [5.41, 5.74) is 0. The highest BCUT2D eigenvalue weighted by Gasteiger charge is 2.27. The number of aliphatic hydroxyl groups excluding tert-OH is 1. The van der Waals surface area contributed by atoms with E-state index in [-0.39, 0.29) is 37.1 Å². The summed E-state index contributed by atoms with van der Waals surface area (Å²) in [6, 6.07) is 0. The van der Waals surface area contributed by atoms with Gasteiger partial charge in [-0.15, -0.1) is 0 Å². The maximum Gasteiger partial charge on any atom is 0.469 e. The number of allylic oxidation sites excluding steroid dienone is 13. The first-order valence-corrected chi connectivity index (χ1v) is 22.5. The molecule has 0 saturated heterocycles. The van der Waals surface area contributed by atoms with E-state index < -0.39 is 38.6 Å². The average Bonchev–Trinajstić information content (AvgIpc) is 3.52. The van der Waals surface area contributed by atoms with Gasteiger partial charge in [-0.3, -0.25) is 18.9 Å². The van der Waals surface area contributed by atoms with Crippen molar-refractivity contribution in [3.8, 4) is 0 Å². The lowest BCUT2D eigenvalue weighted by Gasteiger charge is -2.18. The fraction of sp³-hybridized carbons (Fsp3) is 0.622. The van der Waals surface area contributed by atoms with Gasteiger partial charge in [0.1, 0.15) is 6.61 Å². The van der Waals surface area contributed by atoms with E-state index in [2.05, 4.69) is 67.0 Å². The number of hydrogen-bond acceptors (Lipinski definition) is 8. The number of phosphoric acid groups is 1. The van der Waals surface area contributed by atoms with Gasteiger partial charge in [0, 0.05) is 18.8 Å². The zero-order chi connectivity index (χ0) is 41.1. The van der Waals surface area contributed by atoms with Crippen LogP contribution >= 0.6 is 7.82 Å². The predicted molar refractivity (Wildman–Crippen MR) is 224 cm³/mol. The number of esters is 2. The van der Waals surface area contributed by atoms with E-state index in [4.69, 9.17) is 19.3 Å². The minimum Gasteiger partial charge on any atom is -0.462 e. The molecule has 0 radical (unpaired) electrons. The Labute approximate surface area is 337 Å². The molecule has 56 heavy (non-hydrogen) atoms. The third-order valence-corrected chi connectivity index (χ3v) is 9.62. The van der Waals surface area contributed by atoms with E-state index in [9.17, 15) is 24.1 Å². The number of phosphoric ester groups is 1. The van der Waals surface area contributed by atoms with E-state index in [0.29, 0.717) is 32.1 Å². The van der Waals surface area contributed by atoms with Crippen molar-refractivity contribution < 1.29 is 47.8 Å². The minimum atomic E-state index is -4.82. The van der Waals surface area contributed by atoms with E-state index in [1.165, 1.54) is 25.7 Å². The van der Waals surface area contributed by atoms with Crippen LogP contribution in [0.3, 0.4) is 0 Å². The van der Waals surface area contributed by atoms with Gasteiger partial charge in [0.05, 0.1) is 12.7 Å². The third kappa shape index (κ3) is 30.1. The first-order chi connectivity index (χ1) is 27.1. The van der Waals surface area contributed by atoms with Crippen molar-refractivity contribution in [2.75, 3.05) is 13.2 Å². The van der Waals surface area contributed by atoms with Crippen molar-refractivity contribution in [2.45, 2.75) is 154 Å². The number of carbonyl (C=O) groups is 3. The summed E-state index contributed by atoms with van der Waals surface area (Å²) in [4.78, 5) is 55.4. The lowest BCUT2D eigenvalue weighted by Crippen LogP contribution is -2.29. The molecule has 10 nitrogen and oxygen atoms in total. The van der Waals surface area contributed by atoms with Gasteiger partial charge in [0.2, 0.25) is 0 Å². The number of hydrogen-bond donors (Lipinski definition) is 3. The zero-order valence-electron chi connectivity index (χ0n) is 34.1. The summed E-state index contributed by atoms with van der Waals surface area (Å²) in [5, 5.41) is 10.2. The van der Waals surface area contributed by atoms with Gasteiger partial charge in [-0.25, -0.2) is 4.57 Å². The number of ether oxygens (including phenoxy) is 2. The molecule has 1 aliphatic rings.